The highest BCUT2D eigenvalue weighted by Gasteiger charge is 2.34. The molecular weight excluding hydrogens is 467 g/mol. The number of nitrogens with zero attached hydrogens (tertiary/aromatic N) is 2. The van der Waals surface area contributed by atoms with Crippen molar-refractivity contribution in [1.29, 1.82) is 0 Å². The van der Waals surface area contributed by atoms with Crippen LogP contribution in [-0.4, -0.2) is 30.9 Å². The molecule has 0 unspecified atom stereocenters. The standard InChI is InChI=1S/C24H20ClFN2O4S/c1-14-20(23(30)32-12-11-31-2)21(17-5-3-4-6-18(17)25)28-22(29)19(33-24(28)27-14)13-15-7-9-16(26)10-8-15/h3-10,13,21H,11-12H2,1-2H3/t21-/m1/s1. The average Bonchev–Trinajstić information content (AvgIpc) is 3.09. The largest absolute Gasteiger partial charge is 0.460 e. The van der Waals surface area contributed by atoms with Crippen LogP contribution >= 0.6 is 22.9 Å². The zero-order valence-electron chi connectivity index (χ0n) is 17.9. The van der Waals surface area contributed by atoms with Gasteiger partial charge in [-0.3, -0.25) is 9.36 Å². The van der Waals surface area contributed by atoms with Gasteiger partial charge in [-0.25, -0.2) is 14.2 Å². The molecule has 3 aromatic rings. The Labute approximate surface area is 197 Å². The van der Waals surface area contributed by atoms with Crippen LogP contribution < -0.4 is 14.9 Å². The molecule has 0 spiro atoms. The average molecular weight is 487 g/mol. The molecule has 0 saturated heterocycles. The summed E-state index contributed by atoms with van der Waals surface area (Å²) in [6.45, 7) is 2.01. The third-order valence-electron chi connectivity index (χ3n) is 5.13. The fourth-order valence-electron chi connectivity index (χ4n) is 3.58. The molecule has 0 radical (unpaired) electrons. The third kappa shape index (κ3) is 4.68. The number of hydrogen-bond acceptors (Lipinski definition) is 6. The van der Waals surface area contributed by atoms with E-state index in [1.165, 1.54) is 35.1 Å². The molecule has 33 heavy (non-hydrogen) atoms. The summed E-state index contributed by atoms with van der Waals surface area (Å²) >= 11 is 7.68. The molecule has 0 amide bonds. The Hall–Kier alpha value is -3.07. The number of esters is 1. The number of rotatable bonds is 6. The first-order valence-corrected chi connectivity index (χ1v) is 11.3. The third-order valence-corrected chi connectivity index (χ3v) is 6.46. The van der Waals surface area contributed by atoms with E-state index in [1.807, 2.05) is 0 Å². The second kappa shape index (κ2) is 9.82. The molecule has 170 valence electrons. The second-order valence-electron chi connectivity index (χ2n) is 7.28. The lowest BCUT2D eigenvalue weighted by atomic mass is 9.96. The zero-order valence-corrected chi connectivity index (χ0v) is 19.5. The molecule has 0 aliphatic carbocycles. The van der Waals surface area contributed by atoms with Crippen LogP contribution in [0, 0.1) is 5.82 Å². The van der Waals surface area contributed by atoms with E-state index in [0.29, 0.717) is 31.2 Å². The van der Waals surface area contributed by atoms with Gasteiger partial charge in [0.15, 0.2) is 4.80 Å². The van der Waals surface area contributed by atoms with E-state index in [2.05, 4.69) is 4.99 Å². The van der Waals surface area contributed by atoms with Gasteiger partial charge in [0.2, 0.25) is 0 Å². The Morgan fingerprint density at radius 3 is 2.64 bits per heavy atom. The molecule has 0 bridgehead atoms. The molecule has 1 atom stereocenters. The number of hydrogen-bond donors (Lipinski definition) is 0. The van der Waals surface area contributed by atoms with Gasteiger partial charge in [0.05, 0.1) is 22.4 Å². The van der Waals surface area contributed by atoms with Crippen LogP contribution in [0.5, 0.6) is 0 Å². The van der Waals surface area contributed by atoms with Crippen LogP contribution in [0.25, 0.3) is 6.08 Å². The topological polar surface area (TPSA) is 69.9 Å². The number of methoxy groups -OCH3 is 1. The van der Waals surface area contributed by atoms with E-state index in [1.54, 1.807) is 49.4 Å². The van der Waals surface area contributed by atoms with Crippen LogP contribution in [0.1, 0.15) is 24.1 Å². The van der Waals surface area contributed by atoms with Gasteiger partial charge >= 0.3 is 5.97 Å². The number of fused-ring (bicyclic) bond motifs is 1. The highest BCUT2D eigenvalue weighted by atomic mass is 35.5. The first-order valence-electron chi connectivity index (χ1n) is 10.1. The lowest BCUT2D eigenvalue weighted by Crippen LogP contribution is -2.40. The second-order valence-corrected chi connectivity index (χ2v) is 8.70. The molecule has 6 nitrogen and oxygen atoms in total. The van der Waals surface area contributed by atoms with E-state index in [0.717, 1.165) is 0 Å². The maximum Gasteiger partial charge on any atom is 0.338 e. The minimum atomic E-state index is -0.805. The number of allylic oxidation sites excluding steroid dienone is 1. The molecular formula is C24H20ClFN2O4S. The predicted molar refractivity (Wildman–Crippen MR) is 124 cm³/mol. The van der Waals surface area contributed by atoms with Crippen molar-refractivity contribution >= 4 is 35.0 Å². The van der Waals surface area contributed by atoms with Crippen molar-refractivity contribution in [2.75, 3.05) is 20.3 Å². The Morgan fingerprint density at radius 1 is 1.21 bits per heavy atom. The summed E-state index contributed by atoms with van der Waals surface area (Å²) < 4.78 is 25.5. The number of carbonyl (C=O) groups is 1. The van der Waals surface area contributed by atoms with E-state index in [4.69, 9.17) is 21.1 Å². The Kier molecular flexibility index (Phi) is 6.88. The van der Waals surface area contributed by atoms with Crippen molar-refractivity contribution in [3.63, 3.8) is 0 Å². The summed E-state index contributed by atoms with van der Waals surface area (Å²) in [5.41, 5.74) is 1.60. The van der Waals surface area contributed by atoms with Gasteiger partial charge in [-0.15, -0.1) is 0 Å². The van der Waals surface area contributed by atoms with Crippen LogP contribution in [0.15, 0.2) is 69.6 Å². The highest BCUT2D eigenvalue weighted by molar-refractivity contribution is 7.07. The highest BCUT2D eigenvalue weighted by Crippen LogP contribution is 2.34. The molecule has 2 aromatic carbocycles. The Bertz CT molecular complexity index is 1410. The molecule has 0 N–H and O–H groups in total. The number of ether oxygens (including phenoxy) is 2. The molecule has 1 aliphatic rings. The first kappa shape index (κ1) is 23.1. The van der Waals surface area contributed by atoms with Crippen molar-refractivity contribution in [1.82, 2.24) is 4.57 Å². The zero-order chi connectivity index (χ0) is 23.5. The summed E-state index contributed by atoms with van der Waals surface area (Å²) in [5.74, 6) is -0.953. The minimum absolute atomic E-state index is 0.0658. The predicted octanol–water partition coefficient (Wildman–Crippen LogP) is 3.22. The number of halogens is 2. The van der Waals surface area contributed by atoms with Gasteiger partial charge in [-0.2, -0.15) is 0 Å². The van der Waals surface area contributed by atoms with Crippen LogP contribution in [0.4, 0.5) is 4.39 Å². The number of carbonyl (C=O) groups excluding carboxylic acids is 1. The minimum Gasteiger partial charge on any atom is -0.460 e. The molecule has 1 aliphatic heterocycles. The quantitative estimate of drug-likeness (QED) is 0.396. The fraction of sp³-hybridized carbons (Fsp3) is 0.208. The van der Waals surface area contributed by atoms with Gasteiger partial charge in [0.25, 0.3) is 5.56 Å². The van der Waals surface area contributed by atoms with Crippen molar-refractivity contribution in [2.45, 2.75) is 13.0 Å². The van der Waals surface area contributed by atoms with E-state index in [-0.39, 0.29) is 30.2 Å². The van der Waals surface area contributed by atoms with Crippen LogP contribution in [-0.2, 0) is 14.3 Å². The number of aromatic nitrogens is 1. The van der Waals surface area contributed by atoms with Crippen molar-refractivity contribution < 1.29 is 18.7 Å². The maximum atomic E-state index is 13.5. The van der Waals surface area contributed by atoms with Gasteiger partial charge < -0.3 is 9.47 Å². The van der Waals surface area contributed by atoms with E-state index >= 15 is 0 Å². The molecule has 2 heterocycles. The summed E-state index contributed by atoms with van der Waals surface area (Å²) in [6.07, 6.45) is 1.67. The normalized spacial score (nSPS) is 15.9. The molecule has 4 rings (SSSR count). The molecule has 0 fully saturated rings. The lowest BCUT2D eigenvalue weighted by molar-refractivity contribution is -0.140. The summed E-state index contributed by atoms with van der Waals surface area (Å²) in [7, 11) is 1.51. The van der Waals surface area contributed by atoms with Crippen molar-refractivity contribution in [2.24, 2.45) is 4.99 Å². The van der Waals surface area contributed by atoms with Crippen LogP contribution in [0.3, 0.4) is 0 Å². The maximum absolute atomic E-state index is 13.5. The smallest absolute Gasteiger partial charge is 0.338 e. The Balaban J connectivity index is 1.90. The van der Waals surface area contributed by atoms with Crippen LogP contribution in [0.2, 0.25) is 5.02 Å². The summed E-state index contributed by atoms with van der Waals surface area (Å²) in [5, 5.41) is 0.410. The van der Waals surface area contributed by atoms with Gasteiger partial charge in [-0.1, -0.05) is 53.3 Å². The fourth-order valence-corrected chi connectivity index (χ4v) is 4.87. The van der Waals surface area contributed by atoms with Gasteiger partial charge in [-0.05, 0) is 42.3 Å². The summed E-state index contributed by atoms with van der Waals surface area (Å²) in [6, 6.07) is 12.1. The molecule has 9 heteroatoms. The molecule has 0 saturated carbocycles. The monoisotopic (exact) mass is 486 g/mol. The van der Waals surface area contributed by atoms with Gasteiger partial charge in [0.1, 0.15) is 18.5 Å². The van der Waals surface area contributed by atoms with Crippen molar-refractivity contribution in [3.05, 3.63) is 101 Å². The van der Waals surface area contributed by atoms with Gasteiger partial charge in [0, 0.05) is 12.1 Å². The lowest BCUT2D eigenvalue weighted by Gasteiger charge is -2.25. The Morgan fingerprint density at radius 2 is 1.94 bits per heavy atom. The van der Waals surface area contributed by atoms with E-state index < -0.39 is 12.0 Å². The molecule has 1 aromatic heterocycles. The van der Waals surface area contributed by atoms with Crippen molar-refractivity contribution in [3.8, 4) is 0 Å². The SMILES string of the molecule is COCCOC(=O)C1=C(C)N=c2sc(=Cc3ccc(F)cc3)c(=O)n2[C@@H]1c1ccccc1Cl. The number of benzene rings is 2. The first-order chi connectivity index (χ1) is 15.9. The number of thiazole rings is 1. The summed E-state index contributed by atoms with van der Waals surface area (Å²) in [4.78, 5) is 31.5. The van der Waals surface area contributed by atoms with E-state index in [9.17, 15) is 14.0 Å².